The number of rotatable bonds is 5. The van der Waals surface area contributed by atoms with Gasteiger partial charge in [-0.05, 0) is 101 Å². The number of para-hydroxylation sites is 6. The number of benzene rings is 10. The molecule has 0 spiro atoms. The molecule has 10 aromatic carbocycles. The molecule has 0 unspecified atom stereocenters. The molecular weight excluding hydrogens is 779 g/mol. The van der Waals surface area contributed by atoms with Crippen LogP contribution in [0.2, 0.25) is 0 Å². The zero-order valence-electron chi connectivity index (χ0n) is 34.6. The van der Waals surface area contributed by atoms with E-state index in [0.717, 1.165) is 61.1 Å². The Morgan fingerprint density at radius 3 is 1.55 bits per heavy atom. The second kappa shape index (κ2) is 13.4. The van der Waals surface area contributed by atoms with E-state index < -0.39 is 0 Å². The Morgan fingerprint density at radius 2 is 0.797 bits per heavy atom. The lowest BCUT2D eigenvalue weighted by molar-refractivity contribution is 0.666. The van der Waals surface area contributed by atoms with Crippen LogP contribution in [-0.4, -0.2) is 13.7 Å². The highest BCUT2D eigenvalue weighted by molar-refractivity contribution is 6.16. The molecule has 0 aliphatic carbocycles. The van der Waals surface area contributed by atoms with Crippen molar-refractivity contribution in [1.29, 1.82) is 0 Å². The van der Waals surface area contributed by atoms with Crippen LogP contribution >= 0.6 is 0 Å². The molecule has 64 heavy (non-hydrogen) atoms. The third kappa shape index (κ3) is 4.99. The Bertz CT molecular complexity index is 4180. The quantitative estimate of drug-likeness (QED) is 0.170. The molecule has 0 saturated carbocycles. The van der Waals surface area contributed by atoms with E-state index in [9.17, 15) is 0 Å². The lowest BCUT2D eigenvalue weighted by Crippen LogP contribution is -1.96. The molecule has 4 nitrogen and oxygen atoms in total. The molecule has 4 heterocycles. The van der Waals surface area contributed by atoms with Crippen molar-refractivity contribution in [3.63, 3.8) is 0 Å². The van der Waals surface area contributed by atoms with E-state index >= 15 is 0 Å². The Hall–Kier alpha value is -8.60. The van der Waals surface area contributed by atoms with Gasteiger partial charge in [0.05, 0.1) is 38.8 Å². The molecule has 4 aromatic heterocycles. The summed E-state index contributed by atoms with van der Waals surface area (Å²) in [7, 11) is 0. The predicted molar refractivity (Wildman–Crippen MR) is 268 cm³/mol. The van der Waals surface area contributed by atoms with Crippen molar-refractivity contribution in [1.82, 2.24) is 13.7 Å². The van der Waals surface area contributed by atoms with Gasteiger partial charge in [-0.1, -0.05) is 146 Å². The first-order valence-corrected chi connectivity index (χ1v) is 21.9. The van der Waals surface area contributed by atoms with Gasteiger partial charge in [-0.2, -0.15) is 0 Å². The third-order valence-corrected chi connectivity index (χ3v) is 13.4. The first kappa shape index (κ1) is 35.0. The van der Waals surface area contributed by atoms with E-state index in [-0.39, 0.29) is 0 Å². The Labute approximate surface area is 367 Å². The monoisotopic (exact) mass is 815 g/mol. The Balaban J connectivity index is 1.05. The topological polar surface area (TPSA) is 27.9 Å². The summed E-state index contributed by atoms with van der Waals surface area (Å²) >= 11 is 0. The second-order valence-corrected chi connectivity index (χ2v) is 16.9. The van der Waals surface area contributed by atoms with Crippen LogP contribution in [0.15, 0.2) is 229 Å². The summed E-state index contributed by atoms with van der Waals surface area (Å²) in [6, 6.07) is 81.6. The predicted octanol–water partition coefficient (Wildman–Crippen LogP) is 16.2. The number of fused-ring (bicyclic) bond motifs is 12. The van der Waals surface area contributed by atoms with Crippen LogP contribution in [0.1, 0.15) is 0 Å². The smallest absolute Gasteiger partial charge is 0.159 e. The summed E-state index contributed by atoms with van der Waals surface area (Å²) in [6.45, 7) is 0. The standard InChI is InChI=1S/C60H37N3O/c1-3-16-38(17-4-1)48-36-51-44-22-9-13-27-54(44)63(56-28-15-24-47-46-23-10-14-29-59(46)64-60(47)56)58(51)37-49(48)39-30-32-45-42-20-7-11-25-52(42)62(57(45)34-39)41-31-33-55-50(35-41)43-21-8-12-26-53(43)61(55)40-18-5-2-6-19-40/h1-37H. The summed E-state index contributed by atoms with van der Waals surface area (Å²) in [4.78, 5) is 0. The highest BCUT2D eigenvalue weighted by Crippen LogP contribution is 2.45. The van der Waals surface area contributed by atoms with Gasteiger partial charge in [0.2, 0.25) is 0 Å². The lowest BCUT2D eigenvalue weighted by atomic mass is 9.92. The van der Waals surface area contributed by atoms with E-state index in [1.807, 2.05) is 6.07 Å². The van der Waals surface area contributed by atoms with Crippen molar-refractivity contribution in [2.75, 3.05) is 0 Å². The molecular formula is C60H37N3O. The maximum Gasteiger partial charge on any atom is 0.159 e. The summed E-state index contributed by atoms with van der Waals surface area (Å²) in [5.74, 6) is 0. The number of hydrogen-bond donors (Lipinski definition) is 0. The fraction of sp³-hybridized carbons (Fsp3) is 0. The van der Waals surface area contributed by atoms with Crippen molar-refractivity contribution in [3.8, 4) is 39.3 Å². The molecule has 4 heteroatoms. The Morgan fingerprint density at radius 1 is 0.266 bits per heavy atom. The van der Waals surface area contributed by atoms with Crippen molar-refractivity contribution in [2.45, 2.75) is 0 Å². The van der Waals surface area contributed by atoms with Gasteiger partial charge in [0.15, 0.2) is 5.58 Å². The van der Waals surface area contributed by atoms with E-state index in [1.165, 1.54) is 65.6 Å². The molecule has 0 aliphatic rings. The van der Waals surface area contributed by atoms with Gasteiger partial charge < -0.3 is 18.1 Å². The van der Waals surface area contributed by atoms with E-state index in [2.05, 4.69) is 232 Å². The van der Waals surface area contributed by atoms with Crippen LogP contribution in [0.5, 0.6) is 0 Å². The molecule has 0 fully saturated rings. The van der Waals surface area contributed by atoms with Gasteiger partial charge in [0.1, 0.15) is 5.58 Å². The van der Waals surface area contributed by atoms with Crippen LogP contribution in [0.25, 0.3) is 127 Å². The summed E-state index contributed by atoms with van der Waals surface area (Å²) in [5, 5.41) is 9.55. The third-order valence-electron chi connectivity index (χ3n) is 13.4. The van der Waals surface area contributed by atoms with Crippen molar-refractivity contribution < 1.29 is 4.42 Å². The number of nitrogens with zero attached hydrogens (tertiary/aromatic N) is 3. The minimum Gasteiger partial charge on any atom is -0.454 e. The fourth-order valence-electron chi connectivity index (χ4n) is 10.6. The average molecular weight is 816 g/mol. The highest BCUT2D eigenvalue weighted by Gasteiger charge is 2.22. The first-order chi connectivity index (χ1) is 31.8. The second-order valence-electron chi connectivity index (χ2n) is 16.9. The number of furan rings is 1. The van der Waals surface area contributed by atoms with Crippen molar-refractivity contribution in [2.24, 2.45) is 0 Å². The highest BCUT2D eigenvalue weighted by atomic mass is 16.3. The molecule has 14 aromatic rings. The normalized spacial score (nSPS) is 12.1. The molecule has 0 amide bonds. The van der Waals surface area contributed by atoms with Gasteiger partial charge in [-0.3, -0.25) is 0 Å². The Kier molecular flexibility index (Phi) is 7.36. The van der Waals surface area contributed by atoms with Crippen LogP contribution in [-0.2, 0) is 0 Å². The van der Waals surface area contributed by atoms with Gasteiger partial charge in [0, 0.05) is 54.5 Å². The maximum atomic E-state index is 6.69. The molecule has 0 radical (unpaired) electrons. The lowest BCUT2D eigenvalue weighted by Gasteiger charge is -2.15. The van der Waals surface area contributed by atoms with Crippen molar-refractivity contribution in [3.05, 3.63) is 224 Å². The summed E-state index contributed by atoms with van der Waals surface area (Å²) in [5.41, 5.74) is 16.8. The van der Waals surface area contributed by atoms with Gasteiger partial charge in [0.25, 0.3) is 0 Å². The van der Waals surface area contributed by atoms with E-state index in [4.69, 9.17) is 4.42 Å². The maximum absolute atomic E-state index is 6.69. The minimum absolute atomic E-state index is 0.884. The first-order valence-electron chi connectivity index (χ1n) is 21.9. The van der Waals surface area contributed by atoms with Gasteiger partial charge in [-0.15, -0.1) is 0 Å². The molecule has 0 N–H and O–H groups in total. The van der Waals surface area contributed by atoms with E-state index in [0.29, 0.717) is 0 Å². The van der Waals surface area contributed by atoms with Crippen molar-refractivity contribution >= 4 is 87.4 Å². The molecule has 0 saturated heterocycles. The zero-order valence-corrected chi connectivity index (χ0v) is 34.6. The minimum atomic E-state index is 0.884. The van der Waals surface area contributed by atoms with Crippen LogP contribution in [0, 0.1) is 0 Å². The summed E-state index contributed by atoms with van der Waals surface area (Å²) < 4.78 is 13.9. The van der Waals surface area contributed by atoms with Crippen LogP contribution in [0.3, 0.4) is 0 Å². The SMILES string of the molecule is c1ccc(-c2cc3c4ccccc4n(-c4cccc5c4oc4ccccc45)c3cc2-c2ccc3c4ccccc4n(-c4ccc5c(c4)c4ccccc4n5-c4ccccc4)c3c2)cc1. The van der Waals surface area contributed by atoms with Gasteiger partial charge >= 0.3 is 0 Å². The molecule has 0 aliphatic heterocycles. The average Bonchev–Trinajstić information content (AvgIpc) is 4.10. The fourth-order valence-corrected chi connectivity index (χ4v) is 10.6. The zero-order chi connectivity index (χ0) is 41.9. The number of hydrogen-bond acceptors (Lipinski definition) is 1. The molecule has 0 bridgehead atoms. The van der Waals surface area contributed by atoms with Crippen LogP contribution < -0.4 is 0 Å². The van der Waals surface area contributed by atoms with E-state index in [1.54, 1.807) is 0 Å². The molecule has 0 atom stereocenters. The number of aromatic nitrogens is 3. The summed E-state index contributed by atoms with van der Waals surface area (Å²) in [6.07, 6.45) is 0. The van der Waals surface area contributed by atoms with Crippen LogP contribution in [0.4, 0.5) is 0 Å². The molecule has 14 rings (SSSR count). The van der Waals surface area contributed by atoms with Gasteiger partial charge in [-0.25, -0.2) is 0 Å². The molecule has 298 valence electrons. The largest absolute Gasteiger partial charge is 0.454 e.